The van der Waals surface area contributed by atoms with Gasteiger partial charge in [0, 0.05) is 24.0 Å². The van der Waals surface area contributed by atoms with Crippen LogP contribution in [0.2, 0.25) is 0 Å². The van der Waals surface area contributed by atoms with E-state index in [1.807, 2.05) is 72.8 Å². The van der Waals surface area contributed by atoms with Gasteiger partial charge in [0.15, 0.2) is 5.78 Å². The Balaban J connectivity index is 1.71. The fraction of sp³-hybridized carbons (Fsp3) is 0.214. The van der Waals surface area contributed by atoms with Crippen LogP contribution in [0.5, 0.6) is 17.2 Å². The van der Waals surface area contributed by atoms with Crippen LogP contribution in [0.25, 0.3) is 0 Å². The summed E-state index contributed by atoms with van der Waals surface area (Å²) < 4.78 is 6.01. The van der Waals surface area contributed by atoms with Gasteiger partial charge in [-0.05, 0) is 24.0 Å². The third-order valence-electron chi connectivity index (χ3n) is 5.93. The van der Waals surface area contributed by atoms with Crippen molar-refractivity contribution in [1.29, 1.82) is 0 Å². The summed E-state index contributed by atoms with van der Waals surface area (Å²) in [4.78, 5) is 23.9. The molecule has 6 nitrogen and oxygen atoms in total. The van der Waals surface area contributed by atoms with E-state index in [0.717, 1.165) is 11.1 Å². The molecular formula is C28H26O6. The van der Waals surface area contributed by atoms with Gasteiger partial charge in [-0.3, -0.25) is 9.59 Å². The van der Waals surface area contributed by atoms with E-state index in [1.165, 1.54) is 6.07 Å². The monoisotopic (exact) mass is 458 g/mol. The zero-order valence-electron chi connectivity index (χ0n) is 18.6. The summed E-state index contributed by atoms with van der Waals surface area (Å²) in [5.41, 5.74) is 1.94. The molecule has 0 bridgehead atoms. The zero-order valence-corrected chi connectivity index (χ0v) is 18.6. The van der Waals surface area contributed by atoms with E-state index < -0.39 is 18.0 Å². The highest BCUT2D eigenvalue weighted by molar-refractivity contribution is 6.03. The molecule has 1 aliphatic rings. The van der Waals surface area contributed by atoms with Crippen molar-refractivity contribution in [3.63, 3.8) is 0 Å². The van der Waals surface area contributed by atoms with E-state index in [0.29, 0.717) is 12.8 Å². The lowest BCUT2D eigenvalue weighted by molar-refractivity contribution is -0.137. The molecule has 34 heavy (non-hydrogen) atoms. The molecule has 174 valence electrons. The first-order valence-corrected chi connectivity index (χ1v) is 11.2. The van der Waals surface area contributed by atoms with Crippen molar-refractivity contribution >= 4 is 11.8 Å². The first-order chi connectivity index (χ1) is 16.5. The van der Waals surface area contributed by atoms with Crippen molar-refractivity contribution in [3.05, 3.63) is 101 Å². The van der Waals surface area contributed by atoms with Crippen LogP contribution in [0, 0.1) is 0 Å². The maximum atomic E-state index is 13.1. The molecule has 0 amide bonds. The molecule has 4 rings (SSSR count). The molecule has 0 aromatic heterocycles. The van der Waals surface area contributed by atoms with Gasteiger partial charge in [-0.15, -0.1) is 0 Å². The molecule has 0 radical (unpaired) electrons. The number of benzene rings is 3. The average molecular weight is 459 g/mol. The predicted molar refractivity (Wildman–Crippen MR) is 127 cm³/mol. The highest BCUT2D eigenvalue weighted by Gasteiger charge is 2.34. The number of carbonyl (C=O) groups is 2. The van der Waals surface area contributed by atoms with Gasteiger partial charge in [0.2, 0.25) is 0 Å². The van der Waals surface area contributed by atoms with Crippen LogP contribution in [-0.2, 0) is 4.79 Å². The predicted octanol–water partition coefficient (Wildman–Crippen LogP) is 5.75. The molecule has 3 aromatic carbocycles. The van der Waals surface area contributed by atoms with Gasteiger partial charge in [0.05, 0.1) is 6.42 Å². The first kappa shape index (κ1) is 23.1. The summed E-state index contributed by atoms with van der Waals surface area (Å²) in [6.07, 6.45) is 4.30. The number of carbonyl (C=O) groups excluding carboxylic acids is 1. The maximum absolute atomic E-state index is 13.1. The number of fused-ring (bicyclic) bond motifs is 1. The molecule has 0 fully saturated rings. The summed E-state index contributed by atoms with van der Waals surface area (Å²) in [5.74, 6) is -1.97. The minimum atomic E-state index is -0.856. The number of carboxylic acids is 1. The molecule has 0 unspecified atom stereocenters. The third-order valence-corrected chi connectivity index (χ3v) is 5.93. The van der Waals surface area contributed by atoms with E-state index in [9.17, 15) is 19.8 Å². The van der Waals surface area contributed by atoms with Crippen molar-refractivity contribution in [2.75, 3.05) is 0 Å². The van der Waals surface area contributed by atoms with E-state index in [2.05, 4.69) is 0 Å². The molecule has 0 saturated heterocycles. The Bertz CT molecular complexity index is 1200. The van der Waals surface area contributed by atoms with Crippen LogP contribution in [-0.4, -0.2) is 27.1 Å². The number of hydrogen-bond acceptors (Lipinski definition) is 5. The molecule has 1 heterocycles. The fourth-order valence-electron chi connectivity index (χ4n) is 4.27. The van der Waals surface area contributed by atoms with Gasteiger partial charge in [-0.25, -0.2) is 0 Å². The number of hydrogen-bond donors (Lipinski definition) is 3. The first-order valence-electron chi connectivity index (χ1n) is 11.2. The lowest BCUT2D eigenvalue weighted by atomic mass is 9.85. The fourth-order valence-corrected chi connectivity index (χ4v) is 4.27. The summed E-state index contributed by atoms with van der Waals surface area (Å²) >= 11 is 0. The highest BCUT2D eigenvalue weighted by atomic mass is 16.5. The second-order valence-corrected chi connectivity index (χ2v) is 8.28. The van der Waals surface area contributed by atoms with Crippen LogP contribution in [0.4, 0.5) is 0 Å². The topological polar surface area (TPSA) is 104 Å². The van der Waals surface area contributed by atoms with Crippen LogP contribution in [0.3, 0.4) is 0 Å². The molecular weight excluding hydrogens is 432 g/mol. The van der Waals surface area contributed by atoms with Gasteiger partial charge in [0.25, 0.3) is 0 Å². The van der Waals surface area contributed by atoms with Crippen LogP contribution >= 0.6 is 0 Å². The van der Waals surface area contributed by atoms with Crippen molar-refractivity contribution in [2.45, 2.75) is 37.7 Å². The van der Waals surface area contributed by atoms with Gasteiger partial charge in [-0.1, -0.05) is 72.8 Å². The lowest BCUT2D eigenvalue weighted by Gasteiger charge is -2.28. The molecule has 3 N–H and O–H groups in total. The summed E-state index contributed by atoms with van der Waals surface area (Å²) in [5, 5.41) is 31.0. The number of Topliss-reactive ketones (excluding diaryl/α,β-unsaturated/α-hetero) is 1. The van der Waals surface area contributed by atoms with Crippen molar-refractivity contribution in [2.24, 2.45) is 0 Å². The van der Waals surface area contributed by atoms with Crippen LogP contribution in [0.15, 0.2) is 78.9 Å². The quantitative estimate of drug-likeness (QED) is 0.293. The minimum Gasteiger partial charge on any atom is -0.507 e. The maximum Gasteiger partial charge on any atom is 0.303 e. The van der Waals surface area contributed by atoms with Gasteiger partial charge in [-0.2, -0.15) is 0 Å². The number of aromatic hydroxyl groups is 2. The molecule has 6 heteroatoms. The third kappa shape index (κ3) is 4.96. The Morgan fingerprint density at radius 2 is 1.74 bits per heavy atom. The summed E-state index contributed by atoms with van der Waals surface area (Å²) in [6, 6.07) is 20.1. The Morgan fingerprint density at radius 3 is 2.41 bits per heavy atom. The second kappa shape index (κ2) is 10.3. The van der Waals surface area contributed by atoms with Crippen LogP contribution in [0.1, 0.15) is 64.8 Å². The number of aliphatic carboxylic acids is 1. The largest absolute Gasteiger partial charge is 0.507 e. The number of unbranched alkanes of at least 4 members (excludes halogenated alkanes) is 1. The van der Waals surface area contributed by atoms with Crippen LogP contribution < -0.4 is 4.74 Å². The Kier molecular flexibility index (Phi) is 6.97. The smallest absolute Gasteiger partial charge is 0.303 e. The number of allylic oxidation sites excluding steroid dienone is 2. The number of phenols is 2. The molecule has 0 aliphatic carbocycles. The number of ketones is 1. The molecule has 1 aliphatic heterocycles. The van der Waals surface area contributed by atoms with Gasteiger partial charge in [0.1, 0.15) is 28.9 Å². The Morgan fingerprint density at radius 1 is 1.06 bits per heavy atom. The molecule has 0 saturated carbocycles. The number of rotatable bonds is 8. The van der Waals surface area contributed by atoms with Gasteiger partial charge < -0.3 is 20.1 Å². The minimum absolute atomic E-state index is 0.0596. The number of carboxylic acid groups (broad SMARTS) is 1. The zero-order chi connectivity index (χ0) is 24.1. The Hall–Kier alpha value is -4.06. The van der Waals surface area contributed by atoms with Crippen molar-refractivity contribution in [1.82, 2.24) is 0 Å². The standard InChI is InChI=1S/C28H26O6/c29-21-17-24-27(22(30)16-23(34-24)19-12-6-2-7-13-19)28(33)26(21)20(18-10-4-1-5-11-18)14-8-3-9-15-25(31)32/h1-2,4-8,10-14,17,20,23,29,33H,3,9,15-16H2,(H,31,32)/b14-8+/t20-,23+/m1/s1. The van der Waals surface area contributed by atoms with Gasteiger partial charge >= 0.3 is 5.97 Å². The van der Waals surface area contributed by atoms with E-state index in [-0.39, 0.29) is 47.0 Å². The Labute approximate surface area is 197 Å². The molecule has 3 aromatic rings. The molecule has 0 spiro atoms. The normalized spacial score (nSPS) is 16.1. The SMILES string of the molecule is O=C(O)CCC/C=C/[C@H](c1ccccc1)c1c(O)cc2c(c1O)C(=O)C[C@@H](c1ccccc1)O2. The van der Waals surface area contributed by atoms with E-state index in [1.54, 1.807) is 0 Å². The summed E-state index contributed by atoms with van der Waals surface area (Å²) in [7, 11) is 0. The van der Waals surface area contributed by atoms with E-state index in [4.69, 9.17) is 9.84 Å². The second-order valence-electron chi connectivity index (χ2n) is 8.28. The van der Waals surface area contributed by atoms with Crippen molar-refractivity contribution in [3.8, 4) is 17.2 Å². The lowest BCUT2D eigenvalue weighted by Crippen LogP contribution is -2.21. The molecule has 2 atom stereocenters. The number of ether oxygens (including phenoxy) is 1. The average Bonchev–Trinajstić information content (AvgIpc) is 2.83. The van der Waals surface area contributed by atoms with E-state index >= 15 is 0 Å². The van der Waals surface area contributed by atoms with Crippen molar-refractivity contribution < 1.29 is 29.6 Å². The number of phenolic OH excluding ortho intramolecular Hbond substituents is 2. The summed E-state index contributed by atoms with van der Waals surface area (Å²) in [6.45, 7) is 0. The highest BCUT2D eigenvalue weighted by Crippen LogP contribution is 2.48.